The Labute approximate surface area is 130 Å². The molecule has 0 bridgehead atoms. The van der Waals surface area contributed by atoms with E-state index in [0.717, 1.165) is 0 Å². The lowest BCUT2D eigenvalue weighted by Crippen LogP contribution is -2.10. The molecule has 23 heavy (non-hydrogen) atoms. The van der Waals surface area contributed by atoms with Gasteiger partial charge in [0.2, 0.25) is 0 Å². The molecule has 0 atom stereocenters. The summed E-state index contributed by atoms with van der Waals surface area (Å²) < 4.78 is 51.3. The van der Waals surface area contributed by atoms with Gasteiger partial charge in [-0.25, -0.2) is 18.0 Å². The van der Waals surface area contributed by atoms with Crippen LogP contribution in [0.25, 0.3) is 5.57 Å². The Hall–Kier alpha value is -2.76. The molecule has 0 aliphatic carbocycles. The number of ether oxygens (including phenoxy) is 2. The smallest absolute Gasteiger partial charge is 0.337 e. The summed E-state index contributed by atoms with van der Waals surface area (Å²) in [5, 5.41) is 0. The van der Waals surface area contributed by atoms with Crippen LogP contribution in [-0.4, -0.2) is 19.7 Å². The molecular weight excluding hydrogens is 309 g/mol. The quantitative estimate of drug-likeness (QED) is 0.791. The summed E-state index contributed by atoms with van der Waals surface area (Å²) in [7, 11) is 1.23. The summed E-state index contributed by atoms with van der Waals surface area (Å²) in [5.41, 5.74) is 0.388. The van der Waals surface area contributed by atoms with Gasteiger partial charge in [-0.05, 0) is 29.8 Å². The minimum atomic E-state index is -1.02. The van der Waals surface area contributed by atoms with Crippen LogP contribution in [-0.2, 0) is 4.74 Å². The average molecular weight is 320 g/mol. The molecule has 118 valence electrons. The van der Waals surface area contributed by atoms with Crippen LogP contribution in [0.15, 0.2) is 36.4 Å². The molecule has 0 fully saturated rings. The van der Waals surface area contributed by atoms with Crippen molar-refractivity contribution in [3.05, 3.63) is 70.5 Å². The second-order valence-electron chi connectivity index (χ2n) is 4.88. The van der Waals surface area contributed by atoms with Gasteiger partial charge in [0, 0.05) is 17.7 Å². The van der Waals surface area contributed by atoms with Crippen molar-refractivity contribution in [3.63, 3.8) is 0 Å². The Morgan fingerprint density at radius 3 is 2.48 bits per heavy atom. The summed E-state index contributed by atoms with van der Waals surface area (Å²) in [6.07, 6.45) is 1.47. The first-order valence-electron chi connectivity index (χ1n) is 6.72. The van der Waals surface area contributed by atoms with Gasteiger partial charge in [0.1, 0.15) is 29.8 Å². The number of rotatable bonds is 2. The van der Waals surface area contributed by atoms with Crippen molar-refractivity contribution < 1.29 is 27.4 Å². The van der Waals surface area contributed by atoms with Gasteiger partial charge in [-0.2, -0.15) is 0 Å². The van der Waals surface area contributed by atoms with E-state index in [9.17, 15) is 18.0 Å². The molecule has 1 heterocycles. The molecule has 3 nitrogen and oxygen atoms in total. The third kappa shape index (κ3) is 2.67. The number of esters is 1. The summed E-state index contributed by atoms with van der Waals surface area (Å²) in [6, 6.07) is 5.66. The third-order valence-corrected chi connectivity index (χ3v) is 3.49. The normalized spacial score (nSPS) is 13.0. The van der Waals surface area contributed by atoms with Crippen molar-refractivity contribution in [1.29, 1.82) is 0 Å². The van der Waals surface area contributed by atoms with Crippen LogP contribution in [0.2, 0.25) is 0 Å². The first-order valence-corrected chi connectivity index (χ1v) is 6.72. The molecule has 3 rings (SSSR count). The number of carbonyl (C=O) groups excluding carboxylic acids is 1. The zero-order chi connectivity index (χ0) is 16.6. The third-order valence-electron chi connectivity index (χ3n) is 3.49. The molecular formula is C17H11F3O3. The van der Waals surface area contributed by atoms with E-state index >= 15 is 0 Å². The van der Waals surface area contributed by atoms with Crippen LogP contribution >= 0.6 is 0 Å². The molecule has 0 radical (unpaired) electrons. The number of hydrogen-bond donors (Lipinski definition) is 0. The lowest BCUT2D eigenvalue weighted by Gasteiger charge is -2.20. The Bertz CT molecular complexity index is 805. The van der Waals surface area contributed by atoms with Gasteiger partial charge >= 0.3 is 5.97 Å². The van der Waals surface area contributed by atoms with Gasteiger partial charge in [0.15, 0.2) is 0 Å². The molecule has 6 heteroatoms. The number of fused-ring (bicyclic) bond motifs is 1. The van der Waals surface area contributed by atoms with Crippen molar-refractivity contribution in [3.8, 4) is 5.75 Å². The standard InChI is InChI=1S/C17H11F3O3/c1-22-17(21)9-2-3-15-12(6-9)11(4-5-23-15)16-13(19)7-10(18)8-14(16)20/h2-4,6-8H,5H2,1H3. The second kappa shape index (κ2) is 5.79. The summed E-state index contributed by atoms with van der Waals surface area (Å²) in [4.78, 5) is 11.6. The van der Waals surface area contributed by atoms with Crippen molar-refractivity contribution in [2.24, 2.45) is 0 Å². The highest BCUT2D eigenvalue weighted by Crippen LogP contribution is 2.37. The minimum absolute atomic E-state index is 0.107. The number of benzene rings is 2. The lowest BCUT2D eigenvalue weighted by atomic mass is 9.93. The largest absolute Gasteiger partial charge is 0.489 e. The Morgan fingerprint density at radius 2 is 1.83 bits per heavy atom. The fraction of sp³-hybridized carbons (Fsp3) is 0.118. The SMILES string of the molecule is COC(=O)c1ccc2c(c1)C(c1c(F)cc(F)cc1F)=CCO2. The predicted octanol–water partition coefficient (Wildman–Crippen LogP) is 3.71. The number of carbonyl (C=O) groups is 1. The van der Waals surface area contributed by atoms with E-state index in [1.807, 2.05) is 0 Å². The number of halogens is 3. The molecule has 0 amide bonds. The van der Waals surface area contributed by atoms with Crippen molar-refractivity contribution in [2.45, 2.75) is 0 Å². The van der Waals surface area contributed by atoms with Crippen LogP contribution in [0, 0.1) is 17.5 Å². The number of methoxy groups -OCH3 is 1. The first-order chi connectivity index (χ1) is 11.0. The summed E-state index contributed by atoms with van der Waals surface area (Å²) in [6.45, 7) is 0.107. The molecule has 1 aliphatic heterocycles. The van der Waals surface area contributed by atoms with Gasteiger partial charge in [0.25, 0.3) is 0 Å². The zero-order valence-corrected chi connectivity index (χ0v) is 12.0. The lowest BCUT2D eigenvalue weighted by molar-refractivity contribution is 0.0600. The first kappa shape index (κ1) is 15.1. The number of hydrogen-bond acceptors (Lipinski definition) is 3. The van der Waals surface area contributed by atoms with Gasteiger partial charge in [-0.15, -0.1) is 0 Å². The highest BCUT2D eigenvalue weighted by atomic mass is 19.1. The molecule has 0 unspecified atom stereocenters. The fourth-order valence-corrected chi connectivity index (χ4v) is 2.47. The van der Waals surface area contributed by atoms with Crippen LogP contribution in [0.1, 0.15) is 21.5 Å². The van der Waals surface area contributed by atoms with Crippen LogP contribution in [0.5, 0.6) is 5.75 Å². The maximum atomic E-state index is 14.1. The minimum Gasteiger partial charge on any atom is -0.489 e. The Morgan fingerprint density at radius 1 is 1.13 bits per heavy atom. The van der Waals surface area contributed by atoms with Gasteiger partial charge < -0.3 is 9.47 Å². The monoisotopic (exact) mass is 320 g/mol. The maximum absolute atomic E-state index is 14.1. The van der Waals surface area contributed by atoms with E-state index < -0.39 is 23.4 Å². The highest BCUT2D eigenvalue weighted by Gasteiger charge is 2.23. The summed E-state index contributed by atoms with van der Waals surface area (Å²) >= 11 is 0. The van der Waals surface area contributed by atoms with Crippen LogP contribution in [0.3, 0.4) is 0 Å². The fourth-order valence-electron chi connectivity index (χ4n) is 2.47. The van der Waals surface area contributed by atoms with E-state index in [0.29, 0.717) is 23.4 Å². The van der Waals surface area contributed by atoms with Crippen molar-refractivity contribution in [2.75, 3.05) is 13.7 Å². The topological polar surface area (TPSA) is 35.5 Å². The average Bonchev–Trinajstić information content (AvgIpc) is 2.53. The maximum Gasteiger partial charge on any atom is 0.337 e. The van der Waals surface area contributed by atoms with E-state index in [1.54, 1.807) is 0 Å². The van der Waals surface area contributed by atoms with Gasteiger partial charge in [-0.1, -0.05) is 0 Å². The molecule has 0 saturated heterocycles. The summed E-state index contributed by atoms with van der Waals surface area (Å²) in [5.74, 6) is -3.26. The highest BCUT2D eigenvalue weighted by molar-refractivity contribution is 5.93. The van der Waals surface area contributed by atoms with E-state index in [-0.39, 0.29) is 23.3 Å². The second-order valence-corrected chi connectivity index (χ2v) is 4.88. The molecule has 0 saturated carbocycles. The van der Waals surface area contributed by atoms with E-state index in [2.05, 4.69) is 4.74 Å². The van der Waals surface area contributed by atoms with E-state index in [1.165, 1.54) is 31.4 Å². The molecule has 0 N–H and O–H groups in total. The van der Waals surface area contributed by atoms with Gasteiger partial charge in [0.05, 0.1) is 18.2 Å². The van der Waals surface area contributed by atoms with Crippen LogP contribution in [0.4, 0.5) is 13.2 Å². The zero-order valence-electron chi connectivity index (χ0n) is 12.0. The predicted molar refractivity (Wildman–Crippen MR) is 76.7 cm³/mol. The van der Waals surface area contributed by atoms with Crippen LogP contribution < -0.4 is 4.74 Å². The Balaban J connectivity index is 2.17. The molecule has 1 aliphatic rings. The molecule has 2 aromatic carbocycles. The molecule has 0 aromatic heterocycles. The van der Waals surface area contributed by atoms with Crippen molar-refractivity contribution >= 4 is 11.5 Å². The van der Waals surface area contributed by atoms with E-state index in [4.69, 9.17) is 4.74 Å². The van der Waals surface area contributed by atoms with Crippen molar-refractivity contribution in [1.82, 2.24) is 0 Å². The van der Waals surface area contributed by atoms with Gasteiger partial charge in [-0.3, -0.25) is 0 Å². The molecule has 0 spiro atoms. The molecule has 2 aromatic rings. The Kier molecular flexibility index (Phi) is 3.82.